The predicted molar refractivity (Wildman–Crippen MR) is 149 cm³/mol. The van der Waals surface area contributed by atoms with Crippen molar-refractivity contribution >= 4 is 33.2 Å². The molecule has 0 heterocycles. The summed E-state index contributed by atoms with van der Waals surface area (Å²) in [6.45, 7) is 5.78. The van der Waals surface area contributed by atoms with Crippen molar-refractivity contribution in [2.45, 2.75) is 31.7 Å². The smallest absolute Gasteiger partial charge is 0.265 e. The minimum Gasteiger partial charge on any atom is -0.497 e. The van der Waals surface area contributed by atoms with E-state index in [0.717, 1.165) is 0 Å². The number of nitrogens with one attached hydrogen (secondary N) is 3. The van der Waals surface area contributed by atoms with E-state index in [-0.39, 0.29) is 22.3 Å². The Morgan fingerprint density at radius 2 is 1.54 bits per heavy atom. The number of methoxy groups -OCH3 is 2. The molecule has 39 heavy (non-hydrogen) atoms. The van der Waals surface area contributed by atoms with Crippen LogP contribution in [0.25, 0.3) is 0 Å². The molecular weight excluding hydrogens is 522 g/mol. The average molecular weight is 556 g/mol. The SMILES string of the molecule is CCOc1ccccc1C(=O)NC(C(=O)Nc1ccc(OC)c(S(=O)(=O)Nc2ccc(OC)cc2)c1)C(C)C. The van der Waals surface area contributed by atoms with Crippen molar-refractivity contribution in [3.05, 3.63) is 72.3 Å². The van der Waals surface area contributed by atoms with Gasteiger partial charge in [0.25, 0.3) is 15.9 Å². The molecule has 3 N–H and O–H groups in total. The zero-order valence-corrected chi connectivity index (χ0v) is 23.3. The maximum absolute atomic E-state index is 13.2. The van der Waals surface area contributed by atoms with Gasteiger partial charge >= 0.3 is 0 Å². The molecule has 3 aromatic carbocycles. The van der Waals surface area contributed by atoms with Crippen LogP contribution in [0.15, 0.2) is 71.6 Å². The summed E-state index contributed by atoms with van der Waals surface area (Å²) < 4.78 is 44.8. The second-order valence-electron chi connectivity index (χ2n) is 8.81. The fourth-order valence-electron chi connectivity index (χ4n) is 3.74. The zero-order valence-electron chi connectivity index (χ0n) is 22.5. The van der Waals surface area contributed by atoms with Gasteiger partial charge in [0, 0.05) is 11.4 Å². The normalized spacial score (nSPS) is 11.8. The van der Waals surface area contributed by atoms with Gasteiger partial charge in [-0.25, -0.2) is 8.42 Å². The summed E-state index contributed by atoms with van der Waals surface area (Å²) in [5.41, 5.74) is 0.841. The van der Waals surface area contributed by atoms with Crippen molar-refractivity contribution in [1.29, 1.82) is 0 Å². The molecular formula is C28H33N3O7S. The fourth-order valence-corrected chi connectivity index (χ4v) is 5.00. The third-order valence-electron chi connectivity index (χ3n) is 5.73. The topological polar surface area (TPSA) is 132 Å². The average Bonchev–Trinajstić information content (AvgIpc) is 2.92. The maximum atomic E-state index is 13.2. The molecule has 0 spiro atoms. The molecule has 10 nitrogen and oxygen atoms in total. The molecule has 0 saturated heterocycles. The molecule has 2 amide bonds. The molecule has 3 rings (SSSR count). The van der Waals surface area contributed by atoms with Crippen LogP contribution in [0.2, 0.25) is 0 Å². The summed E-state index contributed by atoms with van der Waals surface area (Å²) in [4.78, 5) is 26.1. The van der Waals surface area contributed by atoms with Crippen molar-refractivity contribution in [2.24, 2.45) is 5.92 Å². The number of carbonyl (C=O) groups excluding carboxylic acids is 2. The molecule has 0 fully saturated rings. The van der Waals surface area contributed by atoms with E-state index in [1.54, 1.807) is 62.4 Å². The maximum Gasteiger partial charge on any atom is 0.265 e. The number of anilines is 2. The van der Waals surface area contributed by atoms with Crippen LogP contribution in [0.1, 0.15) is 31.1 Å². The van der Waals surface area contributed by atoms with E-state index in [9.17, 15) is 18.0 Å². The highest BCUT2D eigenvalue weighted by molar-refractivity contribution is 7.92. The Balaban J connectivity index is 1.82. The molecule has 0 saturated carbocycles. The number of carbonyl (C=O) groups is 2. The Hall–Kier alpha value is -4.25. The number of sulfonamides is 1. The van der Waals surface area contributed by atoms with E-state index in [0.29, 0.717) is 29.4 Å². The number of hydrogen-bond acceptors (Lipinski definition) is 7. The lowest BCUT2D eigenvalue weighted by molar-refractivity contribution is -0.118. The van der Waals surface area contributed by atoms with Crippen molar-refractivity contribution in [3.63, 3.8) is 0 Å². The summed E-state index contributed by atoms with van der Waals surface area (Å²) in [7, 11) is -1.22. The summed E-state index contributed by atoms with van der Waals surface area (Å²) in [6, 6.07) is 16.5. The highest BCUT2D eigenvalue weighted by Gasteiger charge is 2.27. The number of ether oxygens (including phenoxy) is 3. The van der Waals surface area contributed by atoms with Gasteiger partial charge in [0.2, 0.25) is 5.91 Å². The largest absolute Gasteiger partial charge is 0.497 e. The van der Waals surface area contributed by atoms with E-state index in [4.69, 9.17) is 14.2 Å². The lowest BCUT2D eigenvalue weighted by Crippen LogP contribution is -2.47. The molecule has 208 valence electrons. The number of hydrogen-bond donors (Lipinski definition) is 3. The van der Waals surface area contributed by atoms with Crippen LogP contribution >= 0.6 is 0 Å². The third kappa shape index (κ3) is 7.41. The molecule has 11 heteroatoms. The van der Waals surface area contributed by atoms with Crippen LogP contribution in [0.3, 0.4) is 0 Å². The van der Waals surface area contributed by atoms with E-state index in [2.05, 4.69) is 15.4 Å². The van der Waals surface area contributed by atoms with Crippen molar-refractivity contribution in [2.75, 3.05) is 30.9 Å². The first kappa shape index (κ1) is 29.3. The van der Waals surface area contributed by atoms with Gasteiger partial charge in [-0.1, -0.05) is 26.0 Å². The highest BCUT2D eigenvalue weighted by Crippen LogP contribution is 2.29. The first-order chi connectivity index (χ1) is 18.6. The van der Waals surface area contributed by atoms with Crippen LogP contribution in [0.5, 0.6) is 17.2 Å². The van der Waals surface area contributed by atoms with E-state index in [1.165, 1.54) is 32.4 Å². The Bertz CT molecular complexity index is 1410. The van der Waals surface area contributed by atoms with Crippen molar-refractivity contribution < 1.29 is 32.2 Å². The van der Waals surface area contributed by atoms with Crippen LogP contribution in [0.4, 0.5) is 11.4 Å². The lowest BCUT2D eigenvalue weighted by Gasteiger charge is -2.22. The van der Waals surface area contributed by atoms with Gasteiger partial charge in [-0.05, 0) is 67.4 Å². The molecule has 0 aromatic heterocycles. The number of benzene rings is 3. The predicted octanol–water partition coefficient (Wildman–Crippen LogP) is 4.30. The van der Waals surface area contributed by atoms with Gasteiger partial charge in [-0.2, -0.15) is 0 Å². The monoisotopic (exact) mass is 555 g/mol. The minimum absolute atomic E-state index is 0.0928. The molecule has 1 unspecified atom stereocenters. The summed E-state index contributed by atoms with van der Waals surface area (Å²) in [5.74, 6) is -0.164. The van der Waals surface area contributed by atoms with E-state index < -0.39 is 27.9 Å². The third-order valence-corrected chi connectivity index (χ3v) is 7.13. The molecule has 3 aromatic rings. The van der Waals surface area contributed by atoms with Crippen LogP contribution < -0.4 is 29.6 Å². The zero-order chi connectivity index (χ0) is 28.6. The quantitative estimate of drug-likeness (QED) is 0.304. The van der Waals surface area contributed by atoms with Gasteiger partial charge in [-0.15, -0.1) is 0 Å². The van der Waals surface area contributed by atoms with Gasteiger partial charge in [0.15, 0.2) is 0 Å². The summed E-state index contributed by atoms with van der Waals surface area (Å²) in [6.07, 6.45) is 0. The Labute approximate surface area is 228 Å². The Morgan fingerprint density at radius 1 is 0.872 bits per heavy atom. The van der Waals surface area contributed by atoms with E-state index in [1.807, 2.05) is 6.92 Å². The van der Waals surface area contributed by atoms with Crippen molar-refractivity contribution in [3.8, 4) is 17.2 Å². The van der Waals surface area contributed by atoms with Crippen LogP contribution in [0, 0.1) is 5.92 Å². The number of amides is 2. The number of para-hydroxylation sites is 1. The molecule has 1 atom stereocenters. The van der Waals surface area contributed by atoms with Crippen molar-refractivity contribution in [1.82, 2.24) is 5.32 Å². The number of rotatable bonds is 12. The summed E-state index contributed by atoms with van der Waals surface area (Å²) in [5, 5.41) is 5.48. The molecule has 0 aliphatic carbocycles. The summed E-state index contributed by atoms with van der Waals surface area (Å²) >= 11 is 0. The van der Waals surface area contributed by atoms with E-state index >= 15 is 0 Å². The Morgan fingerprint density at radius 3 is 2.15 bits per heavy atom. The molecule has 0 bridgehead atoms. The van der Waals surface area contributed by atoms with Gasteiger partial charge in [-0.3, -0.25) is 14.3 Å². The first-order valence-corrected chi connectivity index (χ1v) is 13.8. The lowest BCUT2D eigenvalue weighted by atomic mass is 10.0. The Kier molecular flexibility index (Phi) is 9.78. The first-order valence-electron chi connectivity index (χ1n) is 12.3. The van der Waals surface area contributed by atoms with Crippen LogP contribution in [-0.2, 0) is 14.8 Å². The molecule has 0 aliphatic heterocycles. The standard InChI is InChI=1S/C28H33N3O7S/c1-6-38-23-10-8-7-9-22(23)27(32)30-26(18(2)3)28(33)29-20-13-16-24(37-5)25(17-20)39(34,35)31-19-11-14-21(36-4)15-12-19/h7-18,26,31H,6H2,1-5H3,(H,29,33)(H,30,32). The van der Waals surface area contributed by atoms with Gasteiger partial charge in [0.1, 0.15) is 28.2 Å². The van der Waals surface area contributed by atoms with Gasteiger partial charge in [0.05, 0.1) is 26.4 Å². The second kappa shape index (κ2) is 13.0. The highest BCUT2D eigenvalue weighted by atomic mass is 32.2. The second-order valence-corrected chi connectivity index (χ2v) is 10.5. The van der Waals surface area contributed by atoms with Crippen LogP contribution in [-0.4, -0.2) is 47.1 Å². The molecule has 0 aliphatic rings. The minimum atomic E-state index is -4.09. The molecule has 0 radical (unpaired) electrons. The van der Waals surface area contributed by atoms with Gasteiger partial charge < -0.3 is 24.8 Å². The fraction of sp³-hybridized carbons (Fsp3) is 0.286.